The molecule has 2 heterocycles. The molecule has 0 aliphatic rings. The highest BCUT2D eigenvalue weighted by Crippen LogP contribution is 2.27. The zero-order valence-electron chi connectivity index (χ0n) is 18.7. The number of thioether (sulfide) groups is 1. The van der Waals surface area contributed by atoms with Crippen LogP contribution in [0.25, 0.3) is 11.0 Å². The third-order valence-corrected chi connectivity index (χ3v) is 8.16. The van der Waals surface area contributed by atoms with E-state index in [-0.39, 0.29) is 16.6 Å². The molecule has 32 heavy (non-hydrogen) atoms. The quantitative estimate of drug-likeness (QED) is 0.397. The molecule has 0 aliphatic carbocycles. The second-order valence-corrected chi connectivity index (χ2v) is 10.2. The number of hydrogen-bond acceptors (Lipinski definition) is 6. The molecule has 0 saturated heterocycles. The first-order chi connectivity index (χ1) is 15.4. The van der Waals surface area contributed by atoms with Crippen LogP contribution in [-0.2, 0) is 27.9 Å². The zero-order chi connectivity index (χ0) is 23.1. The van der Waals surface area contributed by atoms with Crippen LogP contribution in [0.4, 0.5) is 0 Å². The average Bonchev–Trinajstić information content (AvgIpc) is 3.42. The summed E-state index contributed by atoms with van der Waals surface area (Å²) < 4.78 is 34.6. The molecular formula is C22H30N4O4S2. The molecule has 0 bridgehead atoms. The highest BCUT2D eigenvalue weighted by molar-refractivity contribution is 7.99. The van der Waals surface area contributed by atoms with Crippen LogP contribution in [0.5, 0.6) is 0 Å². The van der Waals surface area contributed by atoms with Crippen molar-refractivity contribution in [1.82, 2.24) is 19.2 Å². The molecule has 0 aliphatic heterocycles. The van der Waals surface area contributed by atoms with Crippen molar-refractivity contribution < 1.29 is 17.6 Å². The fourth-order valence-corrected chi connectivity index (χ4v) is 5.73. The maximum atomic E-state index is 12.9. The van der Waals surface area contributed by atoms with Gasteiger partial charge in [0, 0.05) is 19.6 Å². The number of unbranched alkanes of at least 4 members (excludes halogenated alkanes) is 1. The van der Waals surface area contributed by atoms with Crippen molar-refractivity contribution in [1.29, 1.82) is 0 Å². The van der Waals surface area contributed by atoms with Gasteiger partial charge in [0.1, 0.15) is 5.76 Å². The van der Waals surface area contributed by atoms with E-state index in [1.165, 1.54) is 16.1 Å². The van der Waals surface area contributed by atoms with E-state index in [4.69, 9.17) is 4.42 Å². The van der Waals surface area contributed by atoms with Gasteiger partial charge in [0.2, 0.25) is 15.9 Å². The van der Waals surface area contributed by atoms with Gasteiger partial charge in [-0.1, -0.05) is 39.0 Å². The van der Waals surface area contributed by atoms with Crippen LogP contribution >= 0.6 is 11.8 Å². The highest BCUT2D eigenvalue weighted by atomic mass is 32.2. The van der Waals surface area contributed by atoms with Crippen LogP contribution in [0, 0.1) is 0 Å². The Labute approximate surface area is 193 Å². The number of nitrogens with one attached hydrogen (secondary N) is 1. The van der Waals surface area contributed by atoms with E-state index in [1.54, 1.807) is 30.5 Å². The van der Waals surface area contributed by atoms with Gasteiger partial charge in [-0.2, -0.15) is 4.31 Å². The Balaban J connectivity index is 1.82. The molecule has 0 radical (unpaired) electrons. The van der Waals surface area contributed by atoms with Crippen LogP contribution in [-0.4, -0.2) is 47.0 Å². The Bertz CT molecular complexity index is 1140. The van der Waals surface area contributed by atoms with Gasteiger partial charge in [0.25, 0.3) is 0 Å². The predicted octanol–water partition coefficient (Wildman–Crippen LogP) is 3.87. The third kappa shape index (κ3) is 5.54. The van der Waals surface area contributed by atoms with Gasteiger partial charge in [-0.05, 0) is 36.8 Å². The van der Waals surface area contributed by atoms with Crippen LogP contribution in [0.2, 0.25) is 0 Å². The number of furan rings is 1. The molecule has 0 saturated carbocycles. The number of imidazole rings is 1. The van der Waals surface area contributed by atoms with E-state index in [2.05, 4.69) is 21.8 Å². The van der Waals surface area contributed by atoms with Crippen LogP contribution < -0.4 is 5.32 Å². The summed E-state index contributed by atoms with van der Waals surface area (Å²) >= 11 is 1.35. The van der Waals surface area contributed by atoms with E-state index in [0.717, 1.165) is 24.9 Å². The van der Waals surface area contributed by atoms with Gasteiger partial charge >= 0.3 is 0 Å². The number of carbonyl (C=O) groups is 1. The Hall–Kier alpha value is -2.30. The lowest BCUT2D eigenvalue weighted by Crippen LogP contribution is -2.30. The molecule has 174 valence electrons. The lowest BCUT2D eigenvalue weighted by atomic mass is 10.3. The monoisotopic (exact) mass is 478 g/mol. The number of aromatic nitrogens is 2. The number of sulfonamides is 1. The lowest BCUT2D eigenvalue weighted by Gasteiger charge is -2.18. The first kappa shape index (κ1) is 24.3. The summed E-state index contributed by atoms with van der Waals surface area (Å²) in [4.78, 5) is 17.2. The first-order valence-corrected chi connectivity index (χ1v) is 13.3. The summed E-state index contributed by atoms with van der Waals surface area (Å²) in [5, 5.41) is 3.54. The molecule has 0 unspecified atom stereocenters. The maximum absolute atomic E-state index is 12.9. The number of benzene rings is 1. The minimum atomic E-state index is -3.56. The fraction of sp³-hybridized carbons (Fsp3) is 0.455. The number of amides is 1. The van der Waals surface area contributed by atoms with Gasteiger partial charge in [-0.25, -0.2) is 13.4 Å². The molecule has 0 fully saturated rings. The Morgan fingerprint density at radius 3 is 2.66 bits per heavy atom. The van der Waals surface area contributed by atoms with Gasteiger partial charge in [-0.15, -0.1) is 0 Å². The molecular weight excluding hydrogens is 448 g/mol. The van der Waals surface area contributed by atoms with E-state index in [0.29, 0.717) is 36.1 Å². The Morgan fingerprint density at radius 1 is 1.22 bits per heavy atom. The van der Waals surface area contributed by atoms with Gasteiger partial charge < -0.3 is 14.3 Å². The standard InChI is InChI=1S/C22H30N4O4S2/c1-4-7-12-26-20-11-10-18(32(28,29)25(5-2)6-3)14-19(20)24-22(26)31-16-21(27)23-15-17-9-8-13-30-17/h8-11,13-14H,4-7,12,15-16H2,1-3H3,(H,23,27). The zero-order valence-corrected chi connectivity index (χ0v) is 20.3. The molecule has 2 aromatic heterocycles. The fourth-order valence-electron chi connectivity index (χ4n) is 3.38. The van der Waals surface area contributed by atoms with Crippen LogP contribution in [0.15, 0.2) is 51.1 Å². The molecule has 1 aromatic carbocycles. The number of rotatable bonds is 12. The molecule has 3 rings (SSSR count). The number of aryl methyl sites for hydroxylation is 1. The van der Waals surface area contributed by atoms with Crippen molar-refractivity contribution >= 4 is 38.7 Å². The molecule has 8 nitrogen and oxygen atoms in total. The van der Waals surface area contributed by atoms with Crippen molar-refractivity contribution in [3.63, 3.8) is 0 Å². The van der Waals surface area contributed by atoms with Crippen molar-refractivity contribution in [3.8, 4) is 0 Å². The van der Waals surface area contributed by atoms with Crippen molar-refractivity contribution in [2.45, 2.75) is 56.8 Å². The normalized spacial score (nSPS) is 12.0. The predicted molar refractivity (Wildman–Crippen MR) is 126 cm³/mol. The molecule has 3 aromatic rings. The Morgan fingerprint density at radius 2 is 2.00 bits per heavy atom. The minimum Gasteiger partial charge on any atom is -0.467 e. The maximum Gasteiger partial charge on any atom is 0.243 e. The lowest BCUT2D eigenvalue weighted by molar-refractivity contribution is -0.118. The minimum absolute atomic E-state index is 0.120. The molecule has 1 N–H and O–H groups in total. The topological polar surface area (TPSA) is 97.4 Å². The van der Waals surface area contributed by atoms with Gasteiger partial charge in [-0.3, -0.25) is 4.79 Å². The van der Waals surface area contributed by atoms with Crippen molar-refractivity contribution in [2.24, 2.45) is 0 Å². The molecule has 1 amide bonds. The number of fused-ring (bicyclic) bond motifs is 1. The van der Waals surface area contributed by atoms with Crippen LogP contribution in [0.3, 0.4) is 0 Å². The summed E-state index contributed by atoms with van der Waals surface area (Å²) in [5.74, 6) is 0.784. The summed E-state index contributed by atoms with van der Waals surface area (Å²) in [6, 6.07) is 8.68. The van der Waals surface area contributed by atoms with E-state index in [9.17, 15) is 13.2 Å². The van der Waals surface area contributed by atoms with Crippen LogP contribution in [0.1, 0.15) is 39.4 Å². The second kappa shape index (κ2) is 11.0. The molecule has 0 atom stereocenters. The summed E-state index contributed by atoms with van der Waals surface area (Å²) in [6.45, 7) is 7.68. The number of nitrogens with zero attached hydrogens (tertiary/aromatic N) is 3. The van der Waals surface area contributed by atoms with E-state index in [1.807, 2.05) is 19.9 Å². The van der Waals surface area contributed by atoms with Crippen molar-refractivity contribution in [3.05, 3.63) is 42.4 Å². The molecule has 0 spiro atoms. The second-order valence-electron chi connectivity index (χ2n) is 7.28. The summed E-state index contributed by atoms with van der Waals surface area (Å²) in [5.41, 5.74) is 1.49. The first-order valence-electron chi connectivity index (χ1n) is 10.8. The van der Waals surface area contributed by atoms with Gasteiger partial charge in [0.05, 0.1) is 34.5 Å². The smallest absolute Gasteiger partial charge is 0.243 e. The van der Waals surface area contributed by atoms with Gasteiger partial charge in [0.15, 0.2) is 5.16 Å². The van der Waals surface area contributed by atoms with E-state index >= 15 is 0 Å². The summed E-state index contributed by atoms with van der Waals surface area (Å²) in [6.07, 6.45) is 3.55. The van der Waals surface area contributed by atoms with Crippen molar-refractivity contribution in [2.75, 3.05) is 18.8 Å². The third-order valence-electron chi connectivity index (χ3n) is 5.14. The Kier molecular flexibility index (Phi) is 8.38. The highest BCUT2D eigenvalue weighted by Gasteiger charge is 2.23. The summed E-state index contributed by atoms with van der Waals surface area (Å²) in [7, 11) is -3.56. The number of carbonyl (C=O) groups excluding carboxylic acids is 1. The average molecular weight is 479 g/mol. The number of hydrogen-bond donors (Lipinski definition) is 1. The SMILES string of the molecule is CCCCn1c(SCC(=O)NCc2ccco2)nc2cc(S(=O)(=O)N(CC)CC)ccc21. The van der Waals surface area contributed by atoms with E-state index < -0.39 is 10.0 Å². The molecule has 10 heteroatoms. The largest absolute Gasteiger partial charge is 0.467 e.